The summed E-state index contributed by atoms with van der Waals surface area (Å²) >= 11 is 0. The van der Waals surface area contributed by atoms with Gasteiger partial charge in [-0.3, -0.25) is 4.79 Å². The number of carbonyl (C=O) groups excluding carboxylic acids is 2. The van der Waals surface area contributed by atoms with Crippen molar-refractivity contribution in [3.8, 4) is 5.75 Å². The summed E-state index contributed by atoms with van der Waals surface area (Å²) in [7, 11) is 0. The fourth-order valence-corrected chi connectivity index (χ4v) is 2.98. The van der Waals surface area contributed by atoms with E-state index in [2.05, 4.69) is 5.32 Å². The Hall–Kier alpha value is -2.89. The normalized spacial score (nSPS) is 14.8. The molecule has 0 heterocycles. The molecule has 0 spiro atoms. The first-order chi connectivity index (χ1) is 12.9. The summed E-state index contributed by atoms with van der Waals surface area (Å²) in [5, 5.41) is 2.77. The zero-order chi connectivity index (χ0) is 19.4. The maximum atomic E-state index is 12.9. The quantitative estimate of drug-likeness (QED) is 0.787. The fraction of sp³-hybridized carbons (Fsp3) is 0.333. The summed E-state index contributed by atoms with van der Waals surface area (Å²) in [5.74, 6) is -1.13. The Kier molecular flexibility index (Phi) is 5.74. The number of amides is 1. The van der Waals surface area contributed by atoms with Crippen LogP contribution < -0.4 is 10.1 Å². The molecule has 142 valence electrons. The summed E-state index contributed by atoms with van der Waals surface area (Å²) in [5.41, 5.74) is 3.26. The summed E-state index contributed by atoms with van der Waals surface area (Å²) in [6, 6.07) is 11.2. The lowest BCUT2D eigenvalue weighted by molar-refractivity contribution is -0.159. The zero-order valence-corrected chi connectivity index (χ0v) is 15.3. The van der Waals surface area contributed by atoms with E-state index in [-0.39, 0.29) is 0 Å². The average molecular weight is 371 g/mol. The second-order valence-electron chi connectivity index (χ2n) is 6.62. The lowest BCUT2D eigenvalue weighted by Crippen LogP contribution is -2.35. The van der Waals surface area contributed by atoms with E-state index >= 15 is 0 Å². The van der Waals surface area contributed by atoms with Gasteiger partial charge >= 0.3 is 5.97 Å². The van der Waals surface area contributed by atoms with Crippen LogP contribution in [0.4, 0.5) is 10.1 Å². The molecule has 27 heavy (non-hydrogen) atoms. The minimum atomic E-state index is -0.968. The van der Waals surface area contributed by atoms with Gasteiger partial charge in [0.2, 0.25) is 0 Å². The maximum absolute atomic E-state index is 12.9. The lowest BCUT2D eigenvalue weighted by Gasteiger charge is -2.18. The van der Waals surface area contributed by atoms with Crippen molar-refractivity contribution in [2.45, 2.75) is 45.3 Å². The van der Waals surface area contributed by atoms with Gasteiger partial charge in [-0.2, -0.15) is 0 Å². The first-order valence-electron chi connectivity index (χ1n) is 8.98. The van der Waals surface area contributed by atoms with Gasteiger partial charge in [-0.05, 0) is 80.6 Å². The van der Waals surface area contributed by atoms with Crippen LogP contribution in [0, 0.1) is 5.82 Å². The third-order valence-corrected chi connectivity index (χ3v) is 4.49. The van der Waals surface area contributed by atoms with Gasteiger partial charge in [0.05, 0.1) is 0 Å². The molecule has 0 radical (unpaired) electrons. The van der Waals surface area contributed by atoms with Crippen LogP contribution in [-0.4, -0.2) is 24.1 Å². The molecule has 3 rings (SSSR count). The lowest BCUT2D eigenvalue weighted by atomic mass is 10.1. The van der Waals surface area contributed by atoms with E-state index in [1.165, 1.54) is 49.2 Å². The predicted molar refractivity (Wildman–Crippen MR) is 99.1 cm³/mol. The van der Waals surface area contributed by atoms with Gasteiger partial charge in [0.15, 0.2) is 12.2 Å². The number of benzene rings is 2. The number of nitrogens with one attached hydrogen (secondary N) is 1. The summed E-state index contributed by atoms with van der Waals surface area (Å²) in [6.45, 7) is 3.02. The van der Waals surface area contributed by atoms with E-state index in [1.54, 1.807) is 0 Å². The number of fused-ring (bicyclic) bond motifs is 1. The highest BCUT2D eigenvalue weighted by molar-refractivity contribution is 5.95. The Morgan fingerprint density at radius 1 is 1.00 bits per heavy atom. The molecule has 1 amide bonds. The van der Waals surface area contributed by atoms with Crippen molar-refractivity contribution < 1.29 is 23.5 Å². The largest absolute Gasteiger partial charge is 0.479 e. The summed E-state index contributed by atoms with van der Waals surface area (Å²) in [6.07, 6.45) is 1.33. The van der Waals surface area contributed by atoms with E-state index in [0.29, 0.717) is 11.4 Å². The Morgan fingerprint density at radius 2 is 1.70 bits per heavy atom. The molecule has 2 aromatic rings. The van der Waals surface area contributed by atoms with Crippen LogP contribution in [0.1, 0.15) is 31.4 Å². The van der Waals surface area contributed by atoms with Crippen molar-refractivity contribution in [1.82, 2.24) is 0 Å². The molecule has 0 aliphatic heterocycles. The maximum Gasteiger partial charge on any atom is 0.347 e. The molecule has 1 aliphatic rings. The number of hydrogen-bond donors (Lipinski definition) is 1. The molecule has 0 saturated heterocycles. The first kappa shape index (κ1) is 18.9. The van der Waals surface area contributed by atoms with Crippen LogP contribution in [0.5, 0.6) is 5.75 Å². The number of rotatable bonds is 6. The molecule has 6 heteroatoms. The highest BCUT2D eigenvalue weighted by atomic mass is 19.1. The number of anilines is 1. The van der Waals surface area contributed by atoms with Crippen LogP contribution >= 0.6 is 0 Å². The highest BCUT2D eigenvalue weighted by Crippen LogP contribution is 2.25. The van der Waals surface area contributed by atoms with Crippen molar-refractivity contribution >= 4 is 17.6 Å². The Labute approximate surface area is 157 Å². The fourth-order valence-electron chi connectivity index (χ4n) is 2.98. The van der Waals surface area contributed by atoms with Crippen molar-refractivity contribution in [1.29, 1.82) is 0 Å². The third kappa shape index (κ3) is 4.84. The van der Waals surface area contributed by atoms with Crippen molar-refractivity contribution in [3.63, 3.8) is 0 Å². The topological polar surface area (TPSA) is 64.6 Å². The average Bonchev–Trinajstić information content (AvgIpc) is 3.11. The molecule has 2 aromatic carbocycles. The van der Waals surface area contributed by atoms with Crippen LogP contribution in [-0.2, 0) is 27.2 Å². The minimum absolute atomic E-state index is 0.344. The number of carbonyl (C=O) groups is 2. The Morgan fingerprint density at radius 3 is 2.44 bits per heavy atom. The first-order valence-corrected chi connectivity index (χ1v) is 8.98. The second kappa shape index (κ2) is 8.20. The molecule has 0 unspecified atom stereocenters. The van der Waals surface area contributed by atoms with Gasteiger partial charge in [-0.1, -0.05) is 6.07 Å². The van der Waals surface area contributed by atoms with Crippen LogP contribution in [0.3, 0.4) is 0 Å². The molecule has 0 aromatic heterocycles. The number of ether oxygens (including phenoxy) is 2. The summed E-state index contributed by atoms with van der Waals surface area (Å²) in [4.78, 5) is 24.4. The van der Waals surface area contributed by atoms with Crippen LogP contribution in [0.25, 0.3) is 0 Å². The monoisotopic (exact) mass is 371 g/mol. The molecular formula is C21H22FNO4. The molecule has 0 saturated carbocycles. The Balaban J connectivity index is 1.52. The predicted octanol–water partition coefficient (Wildman–Crippen LogP) is 3.65. The second-order valence-corrected chi connectivity index (χ2v) is 6.62. The smallest absolute Gasteiger partial charge is 0.347 e. The van der Waals surface area contributed by atoms with Crippen LogP contribution in [0.15, 0.2) is 42.5 Å². The minimum Gasteiger partial charge on any atom is -0.479 e. The van der Waals surface area contributed by atoms with E-state index in [1.807, 2.05) is 18.2 Å². The molecule has 0 fully saturated rings. The number of aryl methyl sites for hydroxylation is 2. The number of hydrogen-bond acceptors (Lipinski definition) is 4. The standard InChI is InChI=1S/C21H22FNO4/c1-13(20(24)23-18-9-6-15-4-3-5-16(15)12-18)27-21(25)14(2)26-19-10-7-17(22)8-11-19/h6-14H,3-5H2,1-2H3,(H,23,24)/t13-,14-/m0/s1. The molecule has 1 aliphatic carbocycles. The molecule has 0 bridgehead atoms. The molecule has 1 N–H and O–H groups in total. The van der Waals surface area contributed by atoms with Gasteiger partial charge in [0, 0.05) is 5.69 Å². The zero-order valence-electron chi connectivity index (χ0n) is 15.3. The van der Waals surface area contributed by atoms with Gasteiger partial charge in [-0.15, -0.1) is 0 Å². The van der Waals surface area contributed by atoms with E-state index in [0.717, 1.165) is 19.3 Å². The van der Waals surface area contributed by atoms with Crippen LogP contribution in [0.2, 0.25) is 0 Å². The molecule has 5 nitrogen and oxygen atoms in total. The molecule has 2 atom stereocenters. The number of halogens is 1. The third-order valence-electron chi connectivity index (χ3n) is 4.49. The SMILES string of the molecule is C[C@H](OC(=O)[C@H](C)Oc1ccc(F)cc1)C(=O)Nc1ccc2c(c1)CCC2. The van der Waals surface area contributed by atoms with Crippen molar-refractivity contribution in [2.24, 2.45) is 0 Å². The van der Waals surface area contributed by atoms with Crippen molar-refractivity contribution in [2.75, 3.05) is 5.32 Å². The summed E-state index contributed by atoms with van der Waals surface area (Å²) < 4.78 is 23.5. The number of esters is 1. The van der Waals surface area contributed by atoms with E-state index in [9.17, 15) is 14.0 Å². The van der Waals surface area contributed by atoms with Gasteiger partial charge in [0.25, 0.3) is 5.91 Å². The highest BCUT2D eigenvalue weighted by Gasteiger charge is 2.23. The van der Waals surface area contributed by atoms with Gasteiger partial charge in [0.1, 0.15) is 11.6 Å². The van der Waals surface area contributed by atoms with E-state index < -0.39 is 29.9 Å². The molecular weight excluding hydrogens is 349 g/mol. The van der Waals surface area contributed by atoms with Crippen molar-refractivity contribution in [3.05, 3.63) is 59.4 Å². The Bertz CT molecular complexity index is 835. The van der Waals surface area contributed by atoms with Gasteiger partial charge in [-0.25, -0.2) is 9.18 Å². The van der Waals surface area contributed by atoms with Gasteiger partial charge < -0.3 is 14.8 Å². The van der Waals surface area contributed by atoms with E-state index in [4.69, 9.17) is 9.47 Å².